The van der Waals surface area contributed by atoms with Gasteiger partial charge in [-0.3, -0.25) is 4.79 Å². The van der Waals surface area contributed by atoms with Crippen molar-refractivity contribution in [3.8, 4) is 6.07 Å². The molecule has 2 heterocycles. The standard InChI is InChI=1S/C11H12N2O6S/c1-10(4-3-5-12)11(2,9(16)17)13-7(15)6(14)8(13)20(10,18)19/h3-4,6,8,14H,1-2H3,(H,16,17)/b4-3+/t6-,8-,10+,11+/m1/s1. The number of rotatable bonds is 2. The Morgan fingerprint density at radius 1 is 1.50 bits per heavy atom. The zero-order valence-corrected chi connectivity index (χ0v) is 11.5. The first-order valence-corrected chi connectivity index (χ1v) is 7.17. The van der Waals surface area contributed by atoms with E-state index in [2.05, 4.69) is 0 Å². The first kappa shape index (κ1) is 14.5. The molecule has 9 heteroatoms. The van der Waals surface area contributed by atoms with E-state index in [1.807, 2.05) is 0 Å². The maximum atomic E-state index is 12.5. The van der Waals surface area contributed by atoms with E-state index in [0.717, 1.165) is 26.0 Å². The quantitative estimate of drug-likeness (QED) is 0.474. The molecule has 0 radical (unpaired) electrons. The average Bonchev–Trinajstić information content (AvgIpc) is 2.50. The van der Waals surface area contributed by atoms with Crippen LogP contribution in [0.5, 0.6) is 0 Å². The van der Waals surface area contributed by atoms with Gasteiger partial charge in [0.15, 0.2) is 26.9 Å². The van der Waals surface area contributed by atoms with E-state index in [1.165, 1.54) is 0 Å². The normalized spacial score (nSPS) is 42.1. The Balaban J connectivity index is 2.77. The third-order valence-corrected chi connectivity index (χ3v) is 7.08. The third-order valence-electron chi connectivity index (χ3n) is 4.26. The number of hydrogen-bond donors (Lipinski definition) is 2. The van der Waals surface area contributed by atoms with Crippen molar-refractivity contribution in [2.45, 2.75) is 35.6 Å². The fraction of sp³-hybridized carbons (Fsp3) is 0.545. The smallest absolute Gasteiger partial charge is 0.331 e. The van der Waals surface area contributed by atoms with Gasteiger partial charge in [0.1, 0.15) is 4.75 Å². The summed E-state index contributed by atoms with van der Waals surface area (Å²) in [6.45, 7) is 2.22. The Labute approximate surface area is 114 Å². The van der Waals surface area contributed by atoms with Gasteiger partial charge in [0.05, 0.1) is 6.07 Å². The van der Waals surface area contributed by atoms with Crippen molar-refractivity contribution in [3.05, 3.63) is 12.2 Å². The molecular formula is C11H12N2O6S. The van der Waals surface area contributed by atoms with Crippen LogP contribution < -0.4 is 0 Å². The first-order valence-electron chi connectivity index (χ1n) is 5.62. The van der Waals surface area contributed by atoms with Crippen molar-refractivity contribution in [2.24, 2.45) is 0 Å². The number of aliphatic hydroxyl groups excluding tert-OH is 1. The lowest BCUT2D eigenvalue weighted by atomic mass is 9.81. The molecule has 0 bridgehead atoms. The second kappa shape index (κ2) is 3.80. The molecule has 2 aliphatic rings. The molecule has 2 rings (SSSR count). The molecule has 4 atom stereocenters. The Kier molecular flexibility index (Phi) is 2.75. The summed E-state index contributed by atoms with van der Waals surface area (Å²) in [4.78, 5) is 23.9. The second-order valence-corrected chi connectivity index (χ2v) is 7.46. The fourth-order valence-electron chi connectivity index (χ4n) is 2.77. The Bertz CT molecular complexity index is 678. The van der Waals surface area contributed by atoms with Crippen molar-refractivity contribution < 1.29 is 28.2 Å². The van der Waals surface area contributed by atoms with Crippen LogP contribution in [0.25, 0.3) is 0 Å². The first-order chi connectivity index (χ1) is 9.07. The summed E-state index contributed by atoms with van der Waals surface area (Å²) in [6, 6.07) is 1.60. The number of nitrogens with zero attached hydrogens (tertiary/aromatic N) is 2. The van der Waals surface area contributed by atoms with Gasteiger partial charge < -0.3 is 15.1 Å². The largest absolute Gasteiger partial charge is 0.479 e. The maximum Gasteiger partial charge on any atom is 0.331 e. The molecule has 20 heavy (non-hydrogen) atoms. The monoisotopic (exact) mass is 300 g/mol. The summed E-state index contributed by atoms with van der Waals surface area (Å²) in [5.74, 6) is -2.47. The van der Waals surface area contributed by atoms with Gasteiger partial charge in [0.2, 0.25) is 0 Å². The minimum atomic E-state index is -4.20. The molecule has 2 N–H and O–H groups in total. The van der Waals surface area contributed by atoms with Gasteiger partial charge in [0.25, 0.3) is 5.91 Å². The van der Waals surface area contributed by atoms with Crippen molar-refractivity contribution >= 4 is 21.7 Å². The number of sulfone groups is 1. The number of fused-ring (bicyclic) bond motifs is 1. The van der Waals surface area contributed by atoms with E-state index < -0.39 is 43.5 Å². The SMILES string of the molecule is C[C@]1(/C=C/C#N)[C@](C)(C(=O)O)N2C(=O)[C@@H](O)[C@H]2S1(=O)=O. The topological polar surface area (TPSA) is 136 Å². The van der Waals surface area contributed by atoms with Gasteiger partial charge in [-0.1, -0.05) is 6.08 Å². The summed E-state index contributed by atoms with van der Waals surface area (Å²) in [7, 11) is -4.20. The zero-order chi connectivity index (χ0) is 15.5. The number of amides is 1. The van der Waals surface area contributed by atoms with E-state index >= 15 is 0 Å². The number of carbonyl (C=O) groups is 2. The van der Waals surface area contributed by atoms with Gasteiger partial charge in [-0.05, 0) is 13.8 Å². The van der Waals surface area contributed by atoms with Gasteiger partial charge in [-0.2, -0.15) is 5.26 Å². The van der Waals surface area contributed by atoms with Gasteiger partial charge in [0, 0.05) is 6.08 Å². The molecule has 0 saturated carbocycles. The minimum absolute atomic E-state index is 0.664. The molecule has 108 valence electrons. The lowest BCUT2D eigenvalue weighted by Crippen LogP contribution is -2.71. The van der Waals surface area contributed by atoms with Crippen molar-refractivity contribution in [2.75, 3.05) is 0 Å². The van der Waals surface area contributed by atoms with E-state index in [4.69, 9.17) is 5.26 Å². The molecule has 0 aromatic carbocycles. The lowest BCUT2D eigenvalue weighted by Gasteiger charge is -2.45. The molecule has 8 nitrogen and oxygen atoms in total. The summed E-state index contributed by atoms with van der Waals surface area (Å²) in [6.07, 6.45) is 0.0481. The van der Waals surface area contributed by atoms with Crippen molar-refractivity contribution in [3.63, 3.8) is 0 Å². The second-order valence-electron chi connectivity index (χ2n) is 5.04. The van der Waals surface area contributed by atoms with E-state index in [-0.39, 0.29) is 0 Å². The highest BCUT2D eigenvalue weighted by atomic mass is 32.2. The van der Waals surface area contributed by atoms with Crippen LogP contribution in [0.2, 0.25) is 0 Å². The molecule has 0 aromatic rings. The number of nitriles is 1. The van der Waals surface area contributed by atoms with Crippen LogP contribution in [0, 0.1) is 11.3 Å². The predicted molar refractivity (Wildman–Crippen MR) is 64.8 cm³/mol. The number of hydrogen-bond acceptors (Lipinski definition) is 6. The van der Waals surface area contributed by atoms with Gasteiger partial charge >= 0.3 is 5.97 Å². The molecule has 2 fully saturated rings. The third kappa shape index (κ3) is 1.21. The van der Waals surface area contributed by atoms with Crippen molar-refractivity contribution in [1.82, 2.24) is 4.90 Å². The Morgan fingerprint density at radius 2 is 2.05 bits per heavy atom. The number of aliphatic carboxylic acids is 1. The van der Waals surface area contributed by atoms with Crippen LogP contribution in [-0.4, -0.2) is 57.2 Å². The predicted octanol–water partition coefficient (Wildman–Crippen LogP) is -1.37. The molecular weight excluding hydrogens is 288 g/mol. The van der Waals surface area contributed by atoms with Crippen LogP contribution in [0.3, 0.4) is 0 Å². The van der Waals surface area contributed by atoms with E-state index in [1.54, 1.807) is 6.07 Å². The fourth-order valence-corrected chi connectivity index (χ4v) is 5.32. The van der Waals surface area contributed by atoms with Gasteiger partial charge in [-0.25, -0.2) is 13.2 Å². The lowest BCUT2D eigenvalue weighted by molar-refractivity contribution is -0.178. The molecule has 0 spiro atoms. The zero-order valence-electron chi connectivity index (χ0n) is 10.6. The van der Waals surface area contributed by atoms with Crippen LogP contribution in [-0.2, 0) is 19.4 Å². The summed E-state index contributed by atoms with van der Waals surface area (Å²) < 4.78 is 23.0. The molecule has 2 aliphatic heterocycles. The van der Waals surface area contributed by atoms with E-state index in [9.17, 15) is 28.2 Å². The van der Waals surface area contributed by atoms with Crippen LogP contribution in [0.15, 0.2) is 12.2 Å². The number of β-lactam (4-membered cyclic amide) rings is 1. The summed E-state index contributed by atoms with van der Waals surface area (Å²) >= 11 is 0. The van der Waals surface area contributed by atoms with Crippen LogP contribution in [0.1, 0.15) is 13.8 Å². The average molecular weight is 300 g/mol. The van der Waals surface area contributed by atoms with E-state index in [0.29, 0.717) is 4.90 Å². The number of carboxylic acids is 1. The number of aliphatic hydroxyl groups is 1. The molecule has 2 saturated heterocycles. The molecule has 0 aromatic heterocycles. The molecule has 0 aliphatic carbocycles. The number of carboxylic acid groups (broad SMARTS) is 1. The minimum Gasteiger partial charge on any atom is -0.479 e. The highest BCUT2D eigenvalue weighted by molar-refractivity contribution is 7.94. The summed E-state index contributed by atoms with van der Waals surface area (Å²) in [5, 5.41) is 25.9. The summed E-state index contributed by atoms with van der Waals surface area (Å²) in [5.41, 5.74) is -2.08. The number of allylic oxidation sites excluding steroid dienone is 1. The maximum absolute atomic E-state index is 12.5. The molecule has 1 amide bonds. The highest BCUT2D eigenvalue weighted by Gasteiger charge is 2.78. The highest BCUT2D eigenvalue weighted by Crippen LogP contribution is 2.53. The van der Waals surface area contributed by atoms with Gasteiger partial charge in [-0.15, -0.1) is 0 Å². The van der Waals surface area contributed by atoms with Crippen molar-refractivity contribution in [1.29, 1.82) is 5.26 Å². The number of carbonyl (C=O) groups excluding carboxylic acids is 1. The Hall–Kier alpha value is -1.92. The Morgan fingerprint density at radius 3 is 2.50 bits per heavy atom. The van der Waals surface area contributed by atoms with Crippen LogP contribution in [0.4, 0.5) is 0 Å². The van der Waals surface area contributed by atoms with Crippen LogP contribution >= 0.6 is 0 Å². The molecule has 0 unspecified atom stereocenters.